The monoisotopic (exact) mass is 370 g/mol. The van der Waals surface area contributed by atoms with Crippen molar-refractivity contribution in [3.8, 4) is 5.75 Å². The molecule has 0 fully saturated rings. The highest BCUT2D eigenvalue weighted by Crippen LogP contribution is 2.31. The van der Waals surface area contributed by atoms with E-state index in [1.807, 2.05) is 0 Å². The molecular formula is C14H12BrClN2O3. The Morgan fingerprint density at radius 2 is 2.10 bits per heavy atom. The van der Waals surface area contributed by atoms with Gasteiger partial charge < -0.3 is 10.4 Å². The van der Waals surface area contributed by atoms with Gasteiger partial charge in [0.2, 0.25) is 0 Å². The third kappa shape index (κ3) is 3.65. The van der Waals surface area contributed by atoms with Crippen molar-refractivity contribution in [3.63, 3.8) is 0 Å². The van der Waals surface area contributed by atoms with Crippen LogP contribution in [0.15, 0.2) is 34.8 Å². The van der Waals surface area contributed by atoms with E-state index >= 15 is 0 Å². The molecule has 0 amide bonds. The Labute approximate surface area is 134 Å². The van der Waals surface area contributed by atoms with Crippen LogP contribution in [-0.4, -0.2) is 10.0 Å². The molecule has 0 aliphatic rings. The molecule has 0 bridgehead atoms. The van der Waals surface area contributed by atoms with Gasteiger partial charge in [-0.1, -0.05) is 17.7 Å². The molecule has 5 nitrogen and oxygen atoms in total. The highest BCUT2D eigenvalue weighted by molar-refractivity contribution is 9.10. The highest BCUT2D eigenvalue weighted by Gasteiger charge is 2.14. The summed E-state index contributed by atoms with van der Waals surface area (Å²) in [7, 11) is 0. The van der Waals surface area contributed by atoms with Gasteiger partial charge >= 0.3 is 0 Å². The van der Waals surface area contributed by atoms with E-state index in [0.717, 1.165) is 10.0 Å². The average molecular weight is 372 g/mol. The molecule has 0 spiro atoms. The topological polar surface area (TPSA) is 75.4 Å². The molecule has 0 heterocycles. The molecule has 110 valence electrons. The van der Waals surface area contributed by atoms with Gasteiger partial charge in [0.05, 0.1) is 15.6 Å². The molecular weight excluding hydrogens is 360 g/mol. The van der Waals surface area contributed by atoms with Gasteiger partial charge in [0.15, 0.2) is 0 Å². The Bertz CT molecular complexity index is 707. The lowest BCUT2D eigenvalue weighted by Crippen LogP contribution is -2.02. The number of aromatic hydroxyl groups is 1. The summed E-state index contributed by atoms with van der Waals surface area (Å²) < 4.78 is 0.746. The lowest BCUT2D eigenvalue weighted by atomic mass is 10.1. The lowest BCUT2D eigenvalue weighted by Gasteiger charge is -2.10. The van der Waals surface area contributed by atoms with E-state index in [1.165, 1.54) is 12.1 Å². The second-order valence-corrected chi connectivity index (χ2v) is 5.78. The summed E-state index contributed by atoms with van der Waals surface area (Å²) >= 11 is 9.22. The van der Waals surface area contributed by atoms with E-state index in [2.05, 4.69) is 21.2 Å². The van der Waals surface area contributed by atoms with Gasteiger partial charge in [-0.15, -0.1) is 0 Å². The third-order valence-electron chi connectivity index (χ3n) is 2.98. The zero-order valence-corrected chi connectivity index (χ0v) is 13.4. The van der Waals surface area contributed by atoms with E-state index in [4.69, 9.17) is 11.6 Å². The van der Waals surface area contributed by atoms with Gasteiger partial charge in [-0.05, 0) is 46.6 Å². The molecule has 0 unspecified atom stereocenters. The maximum atomic E-state index is 11.0. The third-order valence-corrected chi connectivity index (χ3v) is 3.94. The molecule has 0 atom stereocenters. The number of hydrogen-bond donors (Lipinski definition) is 2. The van der Waals surface area contributed by atoms with Gasteiger partial charge in [-0.2, -0.15) is 0 Å². The van der Waals surface area contributed by atoms with Crippen molar-refractivity contribution in [2.75, 3.05) is 5.32 Å². The maximum Gasteiger partial charge on any atom is 0.274 e. The molecule has 0 saturated carbocycles. The minimum Gasteiger partial charge on any atom is -0.506 e. The second kappa shape index (κ2) is 6.32. The van der Waals surface area contributed by atoms with Crippen LogP contribution in [0.5, 0.6) is 5.75 Å². The number of rotatable bonds is 4. The van der Waals surface area contributed by atoms with Crippen LogP contribution in [0.3, 0.4) is 0 Å². The molecule has 0 aromatic heterocycles. The van der Waals surface area contributed by atoms with Gasteiger partial charge in [0.25, 0.3) is 5.69 Å². The molecule has 2 aromatic rings. The van der Waals surface area contributed by atoms with Crippen LogP contribution in [0.2, 0.25) is 5.02 Å². The van der Waals surface area contributed by atoms with Crippen molar-refractivity contribution in [1.82, 2.24) is 0 Å². The first-order valence-electron chi connectivity index (χ1n) is 6.04. The Hall–Kier alpha value is -1.79. The number of nitrogens with one attached hydrogen (secondary N) is 1. The standard InChI is InChI=1S/C14H12BrClN2O3/c1-8-4-10(15)12(6-13(8)18(20)21)17-7-9-2-3-14(19)11(16)5-9/h2-6,17,19H,7H2,1H3. The smallest absolute Gasteiger partial charge is 0.274 e. The molecule has 0 aliphatic heterocycles. The normalized spacial score (nSPS) is 10.4. The van der Waals surface area contributed by atoms with Crippen LogP contribution in [-0.2, 0) is 6.54 Å². The Morgan fingerprint density at radius 3 is 2.71 bits per heavy atom. The molecule has 2 rings (SSSR count). The van der Waals surface area contributed by atoms with E-state index in [1.54, 1.807) is 25.1 Å². The minimum absolute atomic E-state index is 0.0209. The number of anilines is 1. The molecule has 2 N–H and O–H groups in total. The molecule has 7 heteroatoms. The quantitative estimate of drug-likeness (QED) is 0.606. The SMILES string of the molecule is Cc1cc(Br)c(NCc2ccc(O)c(Cl)c2)cc1[N+](=O)[O-]. The van der Waals surface area contributed by atoms with Crippen LogP contribution < -0.4 is 5.32 Å². The van der Waals surface area contributed by atoms with Crippen molar-refractivity contribution in [2.45, 2.75) is 13.5 Å². The summed E-state index contributed by atoms with van der Waals surface area (Å²) in [4.78, 5) is 10.5. The van der Waals surface area contributed by atoms with Gasteiger partial charge in [0.1, 0.15) is 5.75 Å². The molecule has 2 aromatic carbocycles. The van der Waals surface area contributed by atoms with Crippen molar-refractivity contribution < 1.29 is 10.0 Å². The molecule has 0 aliphatic carbocycles. The Morgan fingerprint density at radius 1 is 1.38 bits per heavy atom. The summed E-state index contributed by atoms with van der Waals surface area (Å²) in [6, 6.07) is 8.06. The number of phenols is 1. The number of nitro groups is 1. The van der Waals surface area contributed by atoms with Crippen LogP contribution in [0.25, 0.3) is 0 Å². The molecule has 21 heavy (non-hydrogen) atoms. The van der Waals surface area contributed by atoms with Crippen molar-refractivity contribution in [3.05, 3.63) is 61.1 Å². The first-order chi connectivity index (χ1) is 9.88. The first kappa shape index (κ1) is 15.6. The van der Waals surface area contributed by atoms with Crippen LogP contribution in [0, 0.1) is 17.0 Å². The van der Waals surface area contributed by atoms with Crippen molar-refractivity contribution >= 4 is 38.9 Å². The number of phenolic OH excluding ortho intramolecular Hbond substituents is 1. The Kier molecular flexibility index (Phi) is 4.69. The fourth-order valence-electron chi connectivity index (χ4n) is 1.85. The fraction of sp³-hybridized carbons (Fsp3) is 0.143. The van der Waals surface area contributed by atoms with Gasteiger partial charge in [-0.25, -0.2) is 0 Å². The maximum absolute atomic E-state index is 11.0. The van der Waals surface area contributed by atoms with Gasteiger partial charge in [-0.3, -0.25) is 10.1 Å². The van der Waals surface area contributed by atoms with E-state index < -0.39 is 4.92 Å². The summed E-state index contributed by atoms with van der Waals surface area (Å²) in [5.74, 6) is 0.0209. The minimum atomic E-state index is -0.412. The number of nitrogens with zero attached hydrogens (tertiary/aromatic N) is 1. The summed E-state index contributed by atoms with van der Waals surface area (Å²) in [6.45, 7) is 2.12. The summed E-state index contributed by atoms with van der Waals surface area (Å²) in [5.41, 5.74) is 2.12. The number of halogens is 2. The van der Waals surface area contributed by atoms with Crippen LogP contribution >= 0.6 is 27.5 Å². The predicted octanol–water partition coefficient (Wildman–Crippen LogP) is 4.64. The Balaban J connectivity index is 2.21. The van der Waals surface area contributed by atoms with Gasteiger partial charge in [0, 0.05) is 22.6 Å². The number of benzene rings is 2. The summed E-state index contributed by atoms with van der Waals surface area (Å²) in [5, 5.41) is 23.7. The van der Waals surface area contributed by atoms with E-state index in [9.17, 15) is 15.2 Å². The molecule has 0 radical (unpaired) electrons. The van der Waals surface area contributed by atoms with E-state index in [-0.39, 0.29) is 16.5 Å². The average Bonchev–Trinajstić information content (AvgIpc) is 2.41. The highest BCUT2D eigenvalue weighted by atomic mass is 79.9. The van der Waals surface area contributed by atoms with Crippen molar-refractivity contribution in [1.29, 1.82) is 0 Å². The fourth-order valence-corrected chi connectivity index (χ4v) is 2.65. The largest absolute Gasteiger partial charge is 0.506 e. The zero-order chi connectivity index (χ0) is 15.6. The van der Waals surface area contributed by atoms with Crippen LogP contribution in [0.1, 0.15) is 11.1 Å². The van der Waals surface area contributed by atoms with E-state index in [0.29, 0.717) is 17.8 Å². The summed E-state index contributed by atoms with van der Waals surface area (Å²) in [6.07, 6.45) is 0. The zero-order valence-electron chi connectivity index (χ0n) is 11.1. The lowest BCUT2D eigenvalue weighted by molar-refractivity contribution is -0.385. The van der Waals surface area contributed by atoms with Crippen LogP contribution in [0.4, 0.5) is 11.4 Å². The second-order valence-electron chi connectivity index (χ2n) is 4.51. The predicted molar refractivity (Wildman–Crippen MR) is 86.0 cm³/mol. The first-order valence-corrected chi connectivity index (χ1v) is 7.21. The molecule has 0 saturated heterocycles. The number of hydrogen-bond acceptors (Lipinski definition) is 4. The number of nitro benzene ring substituents is 1. The van der Waals surface area contributed by atoms with Crippen molar-refractivity contribution in [2.24, 2.45) is 0 Å². The number of aryl methyl sites for hydroxylation is 1.